The Labute approximate surface area is 231 Å². The van der Waals surface area contributed by atoms with Crippen molar-refractivity contribution >= 4 is 44.9 Å². The van der Waals surface area contributed by atoms with Crippen LogP contribution in [0.15, 0.2) is 64.5 Å². The van der Waals surface area contributed by atoms with Crippen LogP contribution >= 0.6 is 27.3 Å². The lowest BCUT2D eigenvalue weighted by atomic mass is 10.1. The van der Waals surface area contributed by atoms with Gasteiger partial charge in [-0.15, -0.1) is 11.3 Å². The van der Waals surface area contributed by atoms with Crippen molar-refractivity contribution in [3.05, 3.63) is 74.9 Å². The lowest BCUT2D eigenvalue weighted by molar-refractivity contribution is -0.132. The number of hydrogen-bond acceptors (Lipinski definition) is 5. The third-order valence-electron chi connectivity index (χ3n) is 6.18. The molecule has 3 aromatic rings. The molecule has 3 amide bonds. The number of benzene rings is 2. The SMILES string of the molecule is CCC(C)N(CC(=O)N(CCc1ccc(OC)c(OC)c1)Cc1cccs1)C(=O)Nc1ccc(Br)cc1. The van der Waals surface area contributed by atoms with Gasteiger partial charge in [0.2, 0.25) is 5.91 Å². The number of carbonyl (C=O) groups is 2. The predicted octanol–water partition coefficient (Wildman–Crippen LogP) is 6.43. The van der Waals surface area contributed by atoms with E-state index in [1.807, 2.05) is 78.7 Å². The Kier molecular flexibility index (Phi) is 10.8. The molecule has 0 aliphatic heterocycles. The van der Waals surface area contributed by atoms with Crippen LogP contribution in [0.2, 0.25) is 0 Å². The van der Waals surface area contributed by atoms with Gasteiger partial charge in [0.25, 0.3) is 0 Å². The summed E-state index contributed by atoms with van der Waals surface area (Å²) in [6.45, 7) is 4.97. The molecule has 0 aliphatic carbocycles. The van der Waals surface area contributed by atoms with E-state index in [9.17, 15) is 9.59 Å². The smallest absolute Gasteiger partial charge is 0.322 e. The van der Waals surface area contributed by atoms with Crippen LogP contribution in [0.4, 0.5) is 10.5 Å². The van der Waals surface area contributed by atoms with E-state index in [0.717, 1.165) is 21.3 Å². The zero-order valence-corrected chi connectivity index (χ0v) is 24.1. The molecule has 0 aliphatic rings. The lowest BCUT2D eigenvalue weighted by Gasteiger charge is -2.31. The Bertz CT molecular complexity index is 1150. The number of ether oxygens (including phenoxy) is 2. The second-order valence-electron chi connectivity index (χ2n) is 8.66. The Morgan fingerprint density at radius 3 is 2.41 bits per heavy atom. The van der Waals surface area contributed by atoms with Crippen molar-refractivity contribution in [1.29, 1.82) is 0 Å². The highest BCUT2D eigenvalue weighted by Gasteiger charge is 2.25. The second-order valence-corrected chi connectivity index (χ2v) is 10.6. The molecule has 0 saturated carbocycles. The molecule has 1 heterocycles. The van der Waals surface area contributed by atoms with Gasteiger partial charge in [-0.3, -0.25) is 4.79 Å². The second kappa shape index (κ2) is 14.0. The Balaban J connectivity index is 1.75. The van der Waals surface area contributed by atoms with Gasteiger partial charge in [0, 0.05) is 27.6 Å². The summed E-state index contributed by atoms with van der Waals surface area (Å²) >= 11 is 5.02. The molecule has 37 heavy (non-hydrogen) atoms. The number of hydrogen-bond donors (Lipinski definition) is 1. The number of thiophene rings is 1. The summed E-state index contributed by atoms with van der Waals surface area (Å²) in [6, 6.07) is 16.8. The number of rotatable bonds is 12. The minimum absolute atomic E-state index is 0.00528. The van der Waals surface area contributed by atoms with Crippen LogP contribution in [-0.4, -0.2) is 55.1 Å². The number of urea groups is 1. The highest BCUT2D eigenvalue weighted by atomic mass is 79.9. The van der Waals surface area contributed by atoms with E-state index in [4.69, 9.17) is 9.47 Å². The first kappa shape index (κ1) is 28.5. The van der Waals surface area contributed by atoms with Gasteiger partial charge in [-0.25, -0.2) is 4.79 Å². The molecule has 0 spiro atoms. The molecular formula is C28H34BrN3O4S. The number of anilines is 1. The van der Waals surface area contributed by atoms with E-state index in [-0.39, 0.29) is 24.5 Å². The van der Waals surface area contributed by atoms with Crippen molar-refractivity contribution < 1.29 is 19.1 Å². The lowest BCUT2D eigenvalue weighted by Crippen LogP contribution is -2.48. The van der Waals surface area contributed by atoms with Crippen LogP contribution in [-0.2, 0) is 17.8 Å². The Morgan fingerprint density at radius 1 is 1.05 bits per heavy atom. The molecule has 0 fully saturated rings. The zero-order chi connectivity index (χ0) is 26.8. The zero-order valence-electron chi connectivity index (χ0n) is 21.7. The minimum atomic E-state index is -0.291. The van der Waals surface area contributed by atoms with Gasteiger partial charge in [-0.1, -0.05) is 35.0 Å². The third kappa shape index (κ3) is 8.23. The summed E-state index contributed by atoms with van der Waals surface area (Å²) in [4.78, 5) is 31.3. The Morgan fingerprint density at radius 2 is 1.78 bits per heavy atom. The van der Waals surface area contributed by atoms with Gasteiger partial charge in [0.1, 0.15) is 6.54 Å². The number of nitrogens with one attached hydrogen (secondary N) is 1. The number of halogens is 1. The summed E-state index contributed by atoms with van der Waals surface area (Å²) in [5.41, 5.74) is 1.71. The van der Waals surface area contributed by atoms with Gasteiger partial charge < -0.3 is 24.6 Å². The van der Waals surface area contributed by atoms with Crippen molar-refractivity contribution in [2.24, 2.45) is 0 Å². The van der Waals surface area contributed by atoms with Gasteiger partial charge in [-0.2, -0.15) is 0 Å². The number of methoxy groups -OCH3 is 2. The fraction of sp³-hybridized carbons (Fsp3) is 0.357. The summed E-state index contributed by atoms with van der Waals surface area (Å²) in [5, 5.41) is 4.93. The average molecular weight is 589 g/mol. The van der Waals surface area contributed by atoms with E-state index < -0.39 is 0 Å². The fourth-order valence-corrected chi connectivity index (χ4v) is 4.79. The van der Waals surface area contributed by atoms with Crippen molar-refractivity contribution in [2.75, 3.05) is 32.6 Å². The summed E-state index contributed by atoms with van der Waals surface area (Å²) < 4.78 is 11.7. The first-order valence-electron chi connectivity index (χ1n) is 12.2. The van der Waals surface area contributed by atoms with E-state index in [1.165, 1.54) is 0 Å². The van der Waals surface area contributed by atoms with Crippen LogP contribution in [0.5, 0.6) is 11.5 Å². The normalized spacial score (nSPS) is 11.5. The van der Waals surface area contributed by atoms with Crippen molar-refractivity contribution in [3.8, 4) is 11.5 Å². The first-order chi connectivity index (χ1) is 17.8. The molecule has 0 radical (unpaired) electrons. The molecule has 3 rings (SSSR count). The molecule has 1 aromatic heterocycles. The third-order valence-corrected chi connectivity index (χ3v) is 7.57. The maximum absolute atomic E-state index is 13.6. The van der Waals surface area contributed by atoms with E-state index in [0.29, 0.717) is 36.7 Å². The van der Waals surface area contributed by atoms with Gasteiger partial charge in [0.05, 0.1) is 20.8 Å². The maximum Gasteiger partial charge on any atom is 0.322 e. The molecule has 0 bridgehead atoms. The highest BCUT2D eigenvalue weighted by Crippen LogP contribution is 2.28. The van der Waals surface area contributed by atoms with Crippen LogP contribution in [0.1, 0.15) is 30.7 Å². The van der Waals surface area contributed by atoms with Crippen molar-refractivity contribution in [3.63, 3.8) is 0 Å². The van der Waals surface area contributed by atoms with Gasteiger partial charge in [0.15, 0.2) is 11.5 Å². The highest BCUT2D eigenvalue weighted by molar-refractivity contribution is 9.10. The molecule has 0 saturated heterocycles. The van der Waals surface area contributed by atoms with Gasteiger partial charge >= 0.3 is 6.03 Å². The quantitative estimate of drug-likeness (QED) is 0.265. The standard InChI is InChI=1S/C28H34BrN3O4S/c1-5-20(2)32(28(34)30-23-11-9-22(29)10-12-23)19-27(33)31(18-24-7-6-16-37-24)15-14-21-8-13-25(35-3)26(17-21)36-4/h6-13,16-17,20H,5,14-15,18-19H2,1-4H3,(H,30,34). The number of nitrogens with zero attached hydrogens (tertiary/aromatic N) is 2. The van der Waals surface area contributed by atoms with Crippen LogP contribution in [0, 0.1) is 0 Å². The molecule has 7 nitrogen and oxygen atoms in total. The van der Waals surface area contributed by atoms with E-state index in [2.05, 4.69) is 21.2 Å². The molecule has 9 heteroatoms. The van der Waals surface area contributed by atoms with Crippen LogP contribution < -0.4 is 14.8 Å². The summed E-state index contributed by atoms with van der Waals surface area (Å²) in [5.74, 6) is 1.22. The van der Waals surface area contributed by atoms with E-state index >= 15 is 0 Å². The number of carbonyl (C=O) groups excluding carboxylic acids is 2. The summed E-state index contributed by atoms with van der Waals surface area (Å²) in [6.07, 6.45) is 1.38. The summed E-state index contributed by atoms with van der Waals surface area (Å²) in [7, 11) is 3.21. The fourth-order valence-electron chi connectivity index (χ4n) is 3.81. The number of amides is 3. The minimum Gasteiger partial charge on any atom is -0.493 e. The van der Waals surface area contributed by atoms with Crippen molar-refractivity contribution in [2.45, 2.75) is 39.3 Å². The Hall–Kier alpha value is -3.04. The molecule has 1 N–H and O–H groups in total. The molecular weight excluding hydrogens is 554 g/mol. The van der Waals surface area contributed by atoms with Crippen molar-refractivity contribution in [1.82, 2.24) is 9.80 Å². The predicted molar refractivity (Wildman–Crippen MR) is 153 cm³/mol. The largest absolute Gasteiger partial charge is 0.493 e. The molecule has 198 valence electrons. The van der Waals surface area contributed by atoms with E-state index in [1.54, 1.807) is 30.5 Å². The van der Waals surface area contributed by atoms with Crippen LogP contribution in [0.25, 0.3) is 0 Å². The molecule has 1 atom stereocenters. The first-order valence-corrected chi connectivity index (χ1v) is 13.9. The van der Waals surface area contributed by atoms with Crippen LogP contribution in [0.3, 0.4) is 0 Å². The molecule has 2 aromatic carbocycles. The van der Waals surface area contributed by atoms with Gasteiger partial charge in [-0.05, 0) is 73.2 Å². The average Bonchev–Trinajstić information content (AvgIpc) is 3.43. The monoisotopic (exact) mass is 587 g/mol. The molecule has 1 unspecified atom stereocenters. The topological polar surface area (TPSA) is 71.1 Å². The maximum atomic E-state index is 13.6.